The fraction of sp³-hybridized carbons (Fsp3) is 0. The predicted molar refractivity (Wildman–Crippen MR) is 84.6 cm³/mol. The highest BCUT2D eigenvalue weighted by Gasteiger charge is 2.16. The van der Waals surface area contributed by atoms with Crippen molar-refractivity contribution in [2.24, 2.45) is 0 Å². The third-order valence-electron chi connectivity index (χ3n) is 2.67. The van der Waals surface area contributed by atoms with E-state index in [2.05, 4.69) is 21.2 Å². The number of carbonyl (C=O) groups is 1. The number of amides is 1. The molecule has 0 aliphatic rings. The Bertz CT molecular complexity index is 737. The highest BCUT2D eigenvalue weighted by atomic mass is 79.9. The van der Waals surface area contributed by atoms with Gasteiger partial charge in [-0.05, 0) is 30.3 Å². The van der Waals surface area contributed by atoms with Crippen LogP contribution in [0, 0.1) is 10.1 Å². The van der Waals surface area contributed by atoms with Crippen molar-refractivity contribution < 1.29 is 9.72 Å². The Morgan fingerprint density at radius 3 is 2.62 bits per heavy atom. The van der Waals surface area contributed by atoms with Gasteiger partial charge < -0.3 is 11.1 Å². The molecule has 3 N–H and O–H groups in total. The number of nitrogen functional groups attached to an aromatic ring is 1. The Labute approximate surface area is 133 Å². The predicted octanol–water partition coefficient (Wildman–Crippen LogP) is 3.85. The molecule has 1 amide bonds. The molecule has 0 heterocycles. The van der Waals surface area contributed by atoms with E-state index in [0.29, 0.717) is 10.7 Å². The second-order valence-electron chi connectivity index (χ2n) is 4.11. The van der Waals surface area contributed by atoms with Gasteiger partial charge in [-0.3, -0.25) is 14.9 Å². The number of rotatable bonds is 3. The number of nitro benzene ring substituents is 1. The van der Waals surface area contributed by atoms with Crippen LogP contribution in [0.3, 0.4) is 0 Å². The first-order valence-electron chi connectivity index (χ1n) is 5.69. The molecule has 2 rings (SSSR count). The zero-order valence-corrected chi connectivity index (χ0v) is 12.8. The Morgan fingerprint density at radius 1 is 1.29 bits per heavy atom. The third kappa shape index (κ3) is 3.50. The zero-order chi connectivity index (χ0) is 15.6. The highest BCUT2D eigenvalue weighted by Crippen LogP contribution is 2.27. The van der Waals surface area contributed by atoms with Crippen molar-refractivity contribution >= 4 is 50.5 Å². The summed E-state index contributed by atoms with van der Waals surface area (Å²) in [7, 11) is 0. The highest BCUT2D eigenvalue weighted by molar-refractivity contribution is 9.10. The summed E-state index contributed by atoms with van der Waals surface area (Å²) in [5, 5.41) is 13.7. The molecular formula is C13H9BrClN3O3. The summed E-state index contributed by atoms with van der Waals surface area (Å²) in [5.41, 5.74) is 5.69. The van der Waals surface area contributed by atoms with Crippen LogP contribution in [0.25, 0.3) is 0 Å². The van der Waals surface area contributed by atoms with E-state index in [4.69, 9.17) is 17.3 Å². The fourth-order valence-electron chi connectivity index (χ4n) is 1.63. The monoisotopic (exact) mass is 369 g/mol. The standard InChI is InChI=1S/C13H9BrClN3O3/c14-8-2-4-11(9(15)6-8)17-13(19)7-1-3-10(16)12(5-7)18(20)21/h1-6H,16H2,(H,17,19). The van der Waals surface area contributed by atoms with Gasteiger partial charge in [-0.25, -0.2) is 0 Å². The smallest absolute Gasteiger partial charge is 0.292 e. The topological polar surface area (TPSA) is 98.3 Å². The molecule has 6 nitrogen and oxygen atoms in total. The van der Waals surface area contributed by atoms with Crippen molar-refractivity contribution in [2.45, 2.75) is 0 Å². The minimum Gasteiger partial charge on any atom is -0.393 e. The summed E-state index contributed by atoms with van der Waals surface area (Å²) >= 11 is 9.25. The number of halogens is 2. The van der Waals surface area contributed by atoms with Crippen molar-refractivity contribution in [3.63, 3.8) is 0 Å². The van der Waals surface area contributed by atoms with Gasteiger partial charge in [0.1, 0.15) is 5.69 Å². The molecule has 2 aromatic carbocycles. The normalized spacial score (nSPS) is 10.2. The molecule has 0 bridgehead atoms. The molecule has 0 aromatic heterocycles. The van der Waals surface area contributed by atoms with Gasteiger partial charge in [0.25, 0.3) is 11.6 Å². The number of hydrogen-bond acceptors (Lipinski definition) is 4. The summed E-state index contributed by atoms with van der Waals surface area (Å²) in [4.78, 5) is 22.3. The van der Waals surface area contributed by atoms with Crippen molar-refractivity contribution in [3.05, 3.63) is 61.6 Å². The summed E-state index contributed by atoms with van der Waals surface area (Å²) in [6.07, 6.45) is 0. The quantitative estimate of drug-likeness (QED) is 0.487. The SMILES string of the molecule is Nc1ccc(C(=O)Nc2ccc(Br)cc2Cl)cc1[N+](=O)[O-]. The molecule has 0 aliphatic heterocycles. The molecule has 0 saturated carbocycles. The molecule has 0 spiro atoms. The van der Waals surface area contributed by atoms with Gasteiger partial charge in [-0.1, -0.05) is 27.5 Å². The van der Waals surface area contributed by atoms with E-state index in [0.717, 1.165) is 10.5 Å². The van der Waals surface area contributed by atoms with Crippen molar-refractivity contribution in [1.29, 1.82) is 0 Å². The summed E-state index contributed by atoms with van der Waals surface area (Å²) < 4.78 is 0.772. The zero-order valence-electron chi connectivity index (χ0n) is 10.5. The van der Waals surface area contributed by atoms with Crippen LogP contribution < -0.4 is 11.1 Å². The van der Waals surface area contributed by atoms with Crippen LogP contribution in [-0.4, -0.2) is 10.8 Å². The number of anilines is 2. The average molecular weight is 371 g/mol. The summed E-state index contributed by atoms with van der Waals surface area (Å²) in [6.45, 7) is 0. The minimum absolute atomic E-state index is 0.00164. The van der Waals surface area contributed by atoms with Gasteiger partial charge in [0.2, 0.25) is 0 Å². The summed E-state index contributed by atoms with van der Waals surface area (Å²) in [5.74, 6) is -0.512. The maximum absolute atomic E-state index is 12.1. The van der Waals surface area contributed by atoms with Gasteiger partial charge in [-0.15, -0.1) is 0 Å². The molecule has 8 heteroatoms. The number of nitrogens with zero attached hydrogens (tertiary/aromatic N) is 1. The Kier molecular flexibility index (Phi) is 4.44. The number of benzene rings is 2. The lowest BCUT2D eigenvalue weighted by Crippen LogP contribution is -2.12. The molecule has 0 fully saturated rings. The van der Waals surface area contributed by atoms with Gasteiger partial charge in [0.05, 0.1) is 15.6 Å². The molecule has 0 unspecified atom stereocenters. The first-order valence-corrected chi connectivity index (χ1v) is 6.86. The lowest BCUT2D eigenvalue weighted by molar-refractivity contribution is -0.383. The lowest BCUT2D eigenvalue weighted by Gasteiger charge is -2.08. The van der Waals surface area contributed by atoms with Crippen molar-refractivity contribution in [1.82, 2.24) is 0 Å². The Balaban J connectivity index is 2.28. The van der Waals surface area contributed by atoms with E-state index >= 15 is 0 Å². The molecule has 21 heavy (non-hydrogen) atoms. The summed E-state index contributed by atoms with van der Waals surface area (Å²) in [6, 6.07) is 8.81. The maximum atomic E-state index is 12.1. The van der Waals surface area contributed by atoms with E-state index in [9.17, 15) is 14.9 Å². The molecule has 0 radical (unpaired) electrons. The molecular weight excluding hydrogens is 362 g/mol. The molecule has 0 aliphatic carbocycles. The van der Waals surface area contributed by atoms with Crippen LogP contribution in [0.2, 0.25) is 5.02 Å². The third-order valence-corrected chi connectivity index (χ3v) is 3.47. The van der Waals surface area contributed by atoms with Crippen molar-refractivity contribution in [2.75, 3.05) is 11.1 Å². The van der Waals surface area contributed by atoms with Crippen LogP contribution in [0.15, 0.2) is 40.9 Å². The second kappa shape index (κ2) is 6.11. The van der Waals surface area contributed by atoms with Gasteiger partial charge in [-0.2, -0.15) is 0 Å². The number of carbonyl (C=O) groups excluding carboxylic acids is 1. The Hall–Kier alpha value is -2.12. The minimum atomic E-state index is -0.640. The van der Waals surface area contributed by atoms with E-state index < -0.39 is 10.8 Å². The van der Waals surface area contributed by atoms with E-state index in [1.165, 1.54) is 12.1 Å². The van der Waals surface area contributed by atoms with Crippen LogP contribution >= 0.6 is 27.5 Å². The molecule has 0 saturated heterocycles. The van der Waals surface area contributed by atoms with Gasteiger partial charge in [0, 0.05) is 16.1 Å². The number of hydrogen-bond donors (Lipinski definition) is 2. The number of nitrogens with one attached hydrogen (secondary N) is 1. The fourth-order valence-corrected chi connectivity index (χ4v) is 2.35. The van der Waals surface area contributed by atoms with Crippen molar-refractivity contribution in [3.8, 4) is 0 Å². The number of nitro groups is 1. The molecule has 2 aromatic rings. The second-order valence-corrected chi connectivity index (χ2v) is 5.43. The van der Waals surface area contributed by atoms with Crippen LogP contribution in [-0.2, 0) is 0 Å². The number of nitrogens with two attached hydrogens (primary N) is 1. The van der Waals surface area contributed by atoms with Gasteiger partial charge in [0.15, 0.2) is 0 Å². The van der Waals surface area contributed by atoms with Gasteiger partial charge >= 0.3 is 0 Å². The van der Waals surface area contributed by atoms with E-state index in [1.807, 2.05) is 0 Å². The lowest BCUT2D eigenvalue weighted by atomic mass is 10.1. The Morgan fingerprint density at radius 2 is 2.00 bits per heavy atom. The largest absolute Gasteiger partial charge is 0.393 e. The van der Waals surface area contributed by atoms with Crippen LogP contribution in [0.4, 0.5) is 17.1 Å². The first-order chi connectivity index (χ1) is 9.88. The average Bonchev–Trinajstić information content (AvgIpc) is 2.42. The first kappa shape index (κ1) is 15.3. The van der Waals surface area contributed by atoms with E-state index in [-0.39, 0.29) is 16.9 Å². The van der Waals surface area contributed by atoms with Crippen LogP contribution in [0.5, 0.6) is 0 Å². The van der Waals surface area contributed by atoms with E-state index in [1.54, 1.807) is 18.2 Å². The maximum Gasteiger partial charge on any atom is 0.292 e. The molecule has 108 valence electrons. The van der Waals surface area contributed by atoms with Crippen LogP contribution in [0.1, 0.15) is 10.4 Å². The molecule has 0 atom stereocenters.